The van der Waals surface area contributed by atoms with Crippen molar-refractivity contribution in [3.05, 3.63) is 22.6 Å². The molecule has 0 spiro atoms. The Kier molecular flexibility index (Phi) is 6.81. The molecule has 1 aromatic heterocycles. The average molecular weight is 288 g/mol. The van der Waals surface area contributed by atoms with Crippen LogP contribution in [0.5, 0.6) is 0 Å². The van der Waals surface area contributed by atoms with E-state index in [1.807, 2.05) is 13.1 Å². The number of furan rings is 1. The van der Waals surface area contributed by atoms with Gasteiger partial charge in [-0.3, -0.25) is 0 Å². The summed E-state index contributed by atoms with van der Waals surface area (Å²) in [6, 6.07) is 2.29. The molecule has 1 aromatic rings. The summed E-state index contributed by atoms with van der Waals surface area (Å²) in [5.41, 5.74) is 0. The molecule has 1 unspecified atom stereocenters. The maximum absolute atomic E-state index is 5.49. The zero-order valence-corrected chi connectivity index (χ0v) is 11.8. The minimum absolute atomic E-state index is 0.339. The molecule has 0 saturated carbocycles. The van der Waals surface area contributed by atoms with E-state index in [9.17, 15) is 0 Å². The van der Waals surface area contributed by atoms with Gasteiger partial charge < -0.3 is 9.73 Å². The molecule has 0 aliphatic rings. The molecule has 0 saturated heterocycles. The van der Waals surface area contributed by atoms with E-state index in [0.717, 1.165) is 16.7 Å². The van der Waals surface area contributed by atoms with E-state index < -0.39 is 0 Å². The summed E-state index contributed by atoms with van der Waals surface area (Å²) in [5.74, 6) is 1.03. The van der Waals surface area contributed by atoms with E-state index in [1.165, 1.54) is 32.1 Å². The molecule has 0 aromatic carbocycles. The van der Waals surface area contributed by atoms with Crippen LogP contribution in [0.15, 0.2) is 21.2 Å². The van der Waals surface area contributed by atoms with Crippen LogP contribution in [0.2, 0.25) is 0 Å². The van der Waals surface area contributed by atoms with Crippen molar-refractivity contribution in [2.75, 3.05) is 7.05 Å². The third kappa shape index (κ3) is 4.30. The van der Waals surface area contributed by atoms with Crippen LogP contribution in [-0.2, 0) is 0 Å². The Hall–Kier alpha value is -0.280. The van der Waals surface area contributed by atoms with Crippen LogP contribution in [0.3, 0.4) is 0 Å². The van der Waals surface area contributed by atoms with Gasteiger partial charge in [0, 0.05) is 0 Å². The molecular formula is C13H22BrNO. The highest BCUT2D eigenvalue weighted by molar-refractivity contribution is 9.10. The first-order valence-electron chi connectivity index (χ1n) is 6.19. The van der Waals surface area contributed by atoms with Gasteiger partial charge in [0.15, 0.2) is 0 Å². The van der Waals surface area contributed by atoms with Crippen molar-refractivity contribution in [3.63, 3.8) is 0 Å². The van der Waals surface area contributed by atoms with Gasteiger partial charge in [-0.15, -0.1) is 0 Å². The van der Waals surface area contributed by atoms with Gasteiger partial charge in [-0.2, -0.15) is 0 Å². The van der Waals surface area contributed by atoms with Crippen molar-refractivity contribution in [3.8, 4) is 0 Å². The van der Waals surface area contributed by atoms with Crippen LogP contribution >= 0.6 is 15.9 Å². The van der Waals surface area contributed by atoms with E-state index in [2.05, 4.69) is 28.2 Å². The molecule has 1 atom stereocenters. The van der Waals surface area contributed by atoms with Crippen molar-refractivity contribution < 1.29 is 4.42 Å². The Labute approximate surface area is 107 Å². The van der Waals surface area contributed by atoms with Gasteiger partial charge in [0.25, 0.3) is 0 Å². The number of hydrogen-bond acceptors (Lipinski definition) is 2. The van der Waals surface area contributed by atoms with Gasteiger partial charge in [0.05, 0.1) is 16.8 Å². The van der Waals surface area contributed by atoms with Crippen molar-refractivity contribution in [1.82, 2.24) is 5.32 Å². The number of halogens is 1. The van der Waals surface area contributed by atoms with Crippen LogP contribution in [-0.4, -0.2) is 7.05 Å². The van der Waals surface area contributed by atoms with Crippen LogP contribution in [0, 0.1) is 0 Å². The lowest BCUT2D eigenvalue weighted by Gasteiger charge is -2.14. The molecule has 0 aliphatic carbocycles. The molecule has 1 rings (SSSR count). The second-order valence-electron chi connectivity index (χ2n) is 4.18. The van der Waals surface area contributed by atoms with Crippen LogP contribution in [0.25, 0.3) is 0 Å². The topological polar surface area (TPSA) is 25.2 Å². The highest BCUT2D eigenvalue weighted by Gasteiger charge is 2.15. The minimum atomic E-state index is 0.339. The predicted molar refractivity (Wildman–Crippen MR) is 71.6 cm³/mol. The molecule has 16 heavy (non-hydrogen) atoms. The summed E-state index contributed by atoms with van der Waals surface area (Å²) in [4.78, 5) is 0. The van der Waals surface area contributed by atoms with Crippen molar-refractivity contribution >= 4 is 15.9 Å². The van der Waals surface area contributed by atoms with Crippen LogP contribution in [0.4, 0.5) is 0 Å². The average Bonchev–Trinajstić information content (AvgIpc) is 2.70. The van der Waals surface area contributed by atoms with E-state index >= 15 is 0 Å². The maximum Gasteiger partial charge on any atom is 0.134 e. The van der Waals surface area contributed by atoms with E-state index in [0.29, 0.717) is 6.04 Å². The largest absolute Gasteiger partial charge is 0.466 e. The van der Waals surface area contributed by atoms with Crippen molar-refractivity contribution in [1.29, 1.82) is 0 Å². The SMILES string of the molecule is CCCCCCCC(NC)c1occc1Br. The number of hydrogen-bond donors (Lipinski definition) is 1. The molecule has 0 amide bonds. The molecule has 3 heteroatoms. The highest BCUT2D eigenvalue weighted by atomic mass is 79.9. The zero-order chi connectivity index (χ0) is 11.8. The van der Waals surface area contributed by atoms with Gasteiger partial charge >= 0.3 is 0 Å². The first-order valence-corrected chi connectivity index (χ1v) is 6.99. The lowest BCUT2D eigenvalue weighted by Crippen LogP contribution is -2.15. The second-order valence-corrected chi connectivity index (χ2v) is 5.03. The standard InChI is InChI=1S/C13H22BrNO/c1-3-4-5-6-7-8-12(15-2)13-11(14)9-10-16-13/h9-10,12,15H,3-8H2,1-2H3. The fourth-order valence-electron chi connectivity index (χ4n) is 1.91. The fourth-order valence-corrected chi connectivity index (χ4v) is 2.39. The van der Waals surface area contributed by atoms with Gasteiger partial charge in [-0.25, -0.2) is 0 Å². The van der Waals surface area contributed by atoms with E-state index in [1.54, 1.807) is 6.26 Å². The van der Waals surface area contributed by atoms with Crippen LogP contribution in [0.1, 0.15) is 57.3 Å². The van der Waals surface area contributed by atoms with E-state index in [-0.39, 0.29) is 0 Å². The summed E-state index contributed by atoms with van der Waals surface area (Å²) in [6.45, 7) is 2.25. The summed E-state index contributed by atoms with van der Waals surface area (Å²) in [6.07, 6.45) is 9.48. The first kappa shape index (κ1) is 13.8. The Bertz CT molecular complexity index is 285. The Morgan fingerprint density at radius 3 is 2.62 bits per heavy atom. The van der Waals surface area contributed by atoms with Gasteiger partial charge in [-0.05, 0) is 35.5 Å². The number of rotatable bonds is 8. The number of nitrogens with one attached hydrogen (secondary N) is 1. The molecule has 0 aliphatic heterocycles. The minimum Gasteiger partial charge on any atom is -0.466 e. The van der Waals surface area contributed by atoms with Gasteiger partial charge in [0.1, 0.15) is 5.76 Å². The summed E-state index contributed by atoms with van der Waals surface area (Å²) < 4.78 is 6.56. The molecule has 0 radical (unpaired) electrons. The molecule has 0 bridgehead atoms. The second kappa shape index (κ2) is 7.91. The quantitative estimate of drug-likeness (QED) is 0.704. The smallest absolute Gasteiger partial charge is 0.134 e. The number of unbranched alkanes of at least 4 members (excludes halogenated alkanes) is 4. The lowest BCUT2D eigenvalue weighted by atomic mass is 10.0. The summed E-state index contributed by atoms with van der Waals surface area (Å²) >= 11 is 3.51. The Balaban J connectivity index is 2.30. The predicted octanol–water partition coefficient (Wildman–Crippen LogP) is 4.66. The molecule has 0 fully saturated rings. The van der Waals surface area contributed by atoms with Gasteiger partial charge in [0.2, 0.25) is 0 Å². The first-order chi connectivity index (χ1) is 7.79. The lowest BCUT2D eigenvalue weighted by molar-refractivity contribution is 0.400. The third-order valence-electron chi connectivity index (χ3n) is 2.91. The fraction of sp³-hybridized carbons (Fsp3) is 0.692. The molecule has 2 nitrogen and oxygen atoms in total. The maximum atomic E-state index is 5.49. The third-order valence-corrected chi connectivity index (χ3v) is 3.56. The molecular weight excluding hydrogens is 266 g/mol. The molecule has 1 heterocycles. The highest BCUT2D eigenvalue weighted by Crippen LogP contribution is 2.27. The van der Waals surface area contributed by atoms with E-state index in [4.69, 9.17) is 4.42 Å². The Morgan fingerprint density at radius 1 is 1.31 bits per heavy atom. The molecule has 1 N–H and O–H groups in total. The van der Waals surface area contributed by atoms with Crippen molar-refractivity contribution in [2.45, 2.75) is 51.5 Å². The van der Waals surface area contributed by atoms with Gasteiger partial charge in [-0.1, -0.05) is 39.0 Å². The Morgan fingerprint density at radius 2 is 2.06 bits per heavy atom. The van der Waals surface area contributed by atoms with Crippen molar-refractivity contribution in [2.24, 2.45) is 0 Å². The summed E-state index contributed by atoms with van der Waals surface area (Å²) in [5, 5.41) is 3.31. The molecule has 92 valence electrons. The normalized spacial score (nSPS) is 12.9. The van der Waals surface area contributed by atoms with Crippen LogP contribution < -0.4 is 5.32 Å². The summed E-state index contributed by atoms with van der Waals surface area (Å²) in [7, 11) is 1.99. The monoisotopic (exact) mass is 287 g/mol. The zero-order valence-electron chi connectivity index (χ0n) is 10.3.